The highest BCUT2D eigenvalue weighted by Gasteiger charge is 2.36. The number of nitrogens with zero attached hydrogens (tertiary/aromatic N) is 1. The van der Waals surface area contributed by atoms with Gasteiger partial charge in [0.2, 0.25) is 5.91 Å². The summed E-state index contributed by atoms with van der Waals surface area (Å²) in [5, 5.41) is 2.71. The number of alkyl halides is 3. The van der Waals surface area contributed by atoms with Gasteiger partial charge in [0.1, 0.15) is 5.75 Å². The molecule has 1 aliphatic rings. The van der Waals surface area contributed by atoms with Gasteiger partial charge in [0, 0.05) is 12.2 Å². The number of carbonyl (C=O) groups excluding carboxylic acids is 1. The lowest BCUT2D eigenvalue weighted by molar-refractivity contribution is -0.274. The Hall–Kier alpha value is -1.51. The predicted molar refractivity (Wildman–Crippen MR) is 91.8 cm³/mol. The predicted octanol–water partition coefficient (Wildman–Crippen LogP) is 3.00. The first kappa shape index (κ1) is 21.5. The molecule has 142 valence electrons. The number of rotatable bonds is 5. The molecule has 2 rings (SSSR count). The van der Waals surface area contributed by atoms with Crippen LogP contribution in [0, 0.1) is 5.41 Å². The SMILES string of the molecule is CC(C(=O)Nc1ccc(OC(F)(F)F)cc1)N1CCC(C)(CN)C1.Cl. The van der Waals surface area contributed by atoms with Crippen LogP contribution in [0.15, 0.2) is 24.3 Å². The largest absolute Gasteiger partial charge is 0.573 e. The van der Waals surface area contributed by atoms with E-state index in [2.05, 4.69) is 21.9 Å². The Kier molecular flexibility index (Phi) is 7.10. The van der Waals surface area contributed by atoms with E-state index in [1.165, 1.54) is 12.1 Å². The molecule has 2 unspecified atom stereocenters. The number of hydrogen-bond donors (Lipinski definition) is 2. The number of carbonyl (C=O) groups is 1. The lowest BCUT2D eigenvalue weighted by atomic mass is 9.90. The van der Waals surface area contributed by atoms with E-state index in [0.717, 1.165) is 31.6 Å². The van der Waals surface area contributed by atoms with E-state index in [1.54, 1.807) is 6.92 Å². The van der Waals surface area contributed by atoms with Gasteiger partial charge in [-0.15, -0.1) is 25.6 Å². The molecule has 1 saturated heterocycles. The van der Waals surface area contributed by atoms with Gasteiger partial charge in [-0.25, -0.2) is 0 Å². The zero-order valence-corrected chi connectivity index (χ0v) is 14.9. The number of likely N-dealkylation sites (tertiary alicyclic amines) is 1. The first-order chi connectivity index (χ1) is 11.1. The molecule has 1 amide bonds. The van der Waals surface area contributed by atoms with Gasteiger partial charge in [0.25, 0.3) is 0 Å². The number of nitrogens with one attached hydrogen (secondary N) is 1. The summed E-state index contributed by atoms with van der Waals surface area (Å²) in [7, 11) is 0. The Morgan fingerprint density at radius 1 is 1.40 bits per heavy atom. The van der Waals surface area contributed by atoms with Crippen LogP contribution in [0.25, 0.3) is 0 Å². The average Bonchev–Trinajstić information content (AvgIpc) is 2.90. The van der Waals surface area contributed by atoms with Crippen molar-refractivity contribution in [2.45, 2.75) is 32.7 Å². The zero-order chi connectivity index (χ0) is 18.0. The average molecular weight is 382 g/mol. The maximum absolute atomic E-state index is 12.3. The molecule has 9 heteroatoms. The molecule has 1 aromatic rings. The van der Waals surface area contributed by atoms with Crippen molar-refractivity contribution in [2.75, 3.05) is 25.0 Å². The third kappa shape index (κ3) is 6.05. The first-order valence-corrected chi connectivity index (χ1v) is 7.73. The second-order valence-corrected chi connectivity index (χ2v) is 6.47. The van der Waals surface area contributed by atoms with Gasteiger partial charge in [-0.05, 0) is 56.1 Å². The minimum atomic E-state index is -4.73. The van der Waals surface area contributed by atoms with Gasteiger partial charge in [-0.2, -0.15) is 0 Å². The van der Waals surface area contributed by atoms with Crippen molar-refractivity contribution in [3.8, 4) is 5.75 Å². The Morgan fingerprint density at radius 2 is 2.00 bits per heavy atom. The molecule has 0 aliphatic carbocycles. The molecule has 1 heterocycles. The molecular weight excluding hydrogens is 359 g/mol. The summed E-state index contributed by atoms with van der Waals surface area (Å²) in [5.74, 6) is -0.535. The summed E-state index contributed by atoms with van der Waals surface area (Å²) in [6.45, 7) is 6.01. The fourth-order valence-corrected chi connectivity index (χ4v) is 2.71. The number of halogens is 4. The molecule has 25 heavy (non-hydrogen) atoms. The van der Waals surface area contributed by atoms with Crippen molar-refractivity contribution in [2.24, 2.45) is 11.1 Å². The van der Waals surface area contributed by atoms with Crippen molar-refractivity contribution in [3.05, 3.63) is 24.3 Å². The molecule has 5 nitrogen and oxygen atoms in total. The first-order valence-electron chi connectivity index (χ1n) is 7.73. The Bertz CT molecular complexity index is 583. The molecular formula is C16H23ClF3N3O2. The summed E-state index contributed by atoms with van der Waals surface area (Å²) in [6, 6.07) is 4.73. The summed E-state index contributed by atoms with van der Waals surface area (Å²) in [5.41, 5.74) is 6.21. The zero-order valence-electron chi connectivity index (χ0n) is 14.1. The number of anilines is 1. The quantitative estimate of drug-likeness (QED) is 0.822. The summed E-state index contributed by atoms with van der Waals surface area (Å²) in [4.78, 5) is 14.4. The van der Waals surface area contributed by atoms with Crippen molar-refractivity contribution < 1.29 is 22.7 Å². The Labute approximate surface area is 151 Å². The van der Waals surface area contributed by atoms with E-state index in [0.29, 0.717) is 12.2 Å². The second-order valence-electron chi connectivity index (χ2n) is 6.47. The van der Waals surface area contributed by atoms with E-state index in [9.17, 15) is 18.0 Å². The summed E-state index contributed by atoms with van der Waals surface area (Å²) < 4.78 is 40.1. The minimum absolute atomic E-state index is 0. The molecule has 1 aliphatic heterocycles. The smallest absolute Gasteiger partial charge is 0.406 e. The van der Waals surface area contributed by atoms with Gasteiger partial charge >= 0.3 is 6.36 Å². The molecule has 0 aromatic heterocycles. The van der Waals surface area contributed by atoms with Crippen molar-refractivity contribution in [3.63, 3.8) is 0 Å². The standard InChI is InChI=1S/C16H22F3N3O2.ClH/c1-11(22-8-7-15(2,9-20)10-22)14(23)21-12-3-5-13(6-4-12)24-16(17,18)19;/h3-6,11H,7-10,20H2,1-2H3,(H,21,23);1H. The fourth-order valence-electron chi connectivity index (χ4n) is 2.71. The third-order valence-corrected chi connectivity index (χ3v) is 4.36. The molecule has 0 radical (unpaired) electrons. The lowest BCUT2D eigenvalue weighted by Crippen LogP contribution is -2.42. The summed E-state index contributed by atoms with van der Waals surface area (Å²) >= 11 is 0. The molecule has 1 aromatic carbocycles. The van der Waals surface area contributed by atoms with Crippen molar-refractivity contribution in [1.82, 2.24) is 4.90 Å². The topological polar surface area (TPSA) is 67.6 Å². The van der Waals surface area contributed by atoms with Crippen LogP contribution in [-0.2, 0) is 4.79 Å². The molecule has 3 N–H and O–H groups in total. The van der Waals surface area contributed by atoms with Gasteiger partial charge < -0.3 is 15.8 Å². The lowest BCUT2D eigenvalue weighted by Gasteiger charge is -2.26. The molecule has 2 atom stereocenters. The van der Waals surface area contributed by atoms with Gasteiger partial charge in [-0.1, -0.05) is 6.92 Å². The minimum Gasteiger partial charge on any atom is -0.406 e. The Morgan fingerprint density at radius 3 is 2.48 bits per heavy atom. The van der Waals surface area contributed by atoms with E-state index < -0.39 is 6.36 Å². The number of hydrogen-bond acceptors (Lipinski definition) is 4. The van der Waals surface area contributed by atoms with Crippen LogP contribution in [0.5, 0.6) is 5.75 Å². The summed E-state index contributed by atoms with van der Waals surface area (Å²) in [6.07, 6.45) is -3.80. The highest BCUT2D eigenvalue weighted by atomic mass is 35.5. The maximum atomic E-state index is 12.3. The van der Waals surface area contributed by atoms with Crippen LogP contribution < -0.4 is 15.8 Å². The number of nitrogens with two attached hydrogens (primary N) is 1. The number of amides is 1. The van der Waals surface area contributed by atoms with Crippen LogP contribution in [-0.4, -0.2) is 42.8 Å². The highest BCUT2D eigenvalue weighted by molar-refractivity contribution is 5.94. The number of ether oxygens (including phenoxy) is 1. The van der Waals surface area contributed by atoms with Crippen LogP contribution in [0.4, 0.5) is 18.9 Å². The molecule has 0 saturated carbocycles. The van der Waals surface area contributed by atoms with Gasteiger partial charge in [0.15, 0.2) is 0 Å². The van der Waals surface area contributed by atoms with E-state index in [4.69, 9.17) is 5.73 Å². The second kappa shape index (κ2) is 8.25. The highest BCUT2D eigenvalue weighted by Crippen LogP contribution is 2.30. The molecule has 0 spiro atoms. The maximum Gasteiger partial charge on any atom is 0.573 e. The molecule has 0 bridgehead atoms. The van der Waals surface area contributed by atoms with Crippen LogP contribution >= 0.6 is 12.4 Å². The van der Waals surface area contributed by atoms with Crippen LogP contribution in [0.2, 0.25) is 0 Å². The van der Waals surface area contributed by atoms with E-state index >= 15 is 0 Å². The van der Waals surface area contributed by atoms with Crippen molar-refractivity contribution in [1.29, 1.82) is 0 Å². The van der Waals surface area contributed by atoms with E-state index in [1.807, 2.05) is 0 Å². The fraction of sp³-hybridized carbons (Fsp3) is 0.562. The van der Waals surface area contributed by atoms with Crippen LogP contribution in [0.3, 0.4) is 0 Å². The third-order valence-electron chi connectivity index (χ3n) is 4.36. The monoisotopic (exact) mass is 381 g/mol. The van der Waals surface area contributed by atoms with Crippen molar-refractivity contribution >= 4 is 24.0 Å². The normalized spacial score (nSPS) is 22.2. The van der Waals surface area contributed by atoms with Gasteiger partial charge in [-0.3, -0.25) is 9.69 Å². The number of benzene rings is 1. The molecule has 1 fully saturated rings. The van der Waals surface area contributed by atoms with Crippen LogP contribution in [0.1, 0.15) is 20.3 Å². The van der Waals surface area contributed by atoms with Gasteiger partial charge in [0.05, 0.1) is 6.04 Å². The van der Waals surface area contributed by atoms with E-state index in [-0.39, 0.29) is 35.5 Å². The Balaban J connectivity index is 0.00000312.